The monoisotopic (exact) mass is 498 g/mol. The molecule has 2 atom stereocenters. The van der Waals surface area contributed by atoms with Gasteiger partial charge >= 0.3 is 0 Å². The maximum atomic E-state index is 14.7. The molecule has 0 aliphatic carbocycles. The van der Waals surface area contributed by atoms with Crippen molar-refractivity contribution < 1.29 is 14.3 Å². The molecular formula is C30H34N4O3. The number of hydrogen-bond acceptors (Lipinski definition) is 5. The molecule has 7 heteroatoms. The van der Waals surface area contributed by atoms with Gasteiger partial charge in [0.15, 0.2) is 0 Å². The Hall–Kier alpha value is -3.29. The summed E-state index contributed by atoms with van der Waals surface area (Å²) in [5.41, 5.74) is 1.56. The van der Waals surface area contributed by atoms with E-state index in [9.17, 15) is 9.59 Å². The molecule has 3 aliphatic rings. The zero-order valence-electron chi connectivity index (χ0n) is 21.4. The van der Waals surface area contributed by atoms with Crippen LogP contribution >= 0.6 is 0 Å². The molecule has 7 nitrogen and oxygen atoms in total. The van der Waals surface area contributed by atoms with E-state index in [4.69, 9.17) is 4.74 Å². The van der Waals surface area contributed by atoms with Crippen LogP contribution in [-0.2, 0) is 14.9 Å². The van der Waals surface area contributed by atoms with E-state index in [0.717, 1.165) is 54.6 Å². The lowest BCUT2D eigenvalue weighted by Gasteiger charge is -2.44. The average Bonchev–Trinajstić information content (AvgIpc) is 3.21. The van der Waals surface area contributed by atoms with Gasteiger partial charge in [0, 0.05) is 67.8 Å². The normalized spacial score (nSPS) is 24.3. The summed E-state index contributed by atoms with van der Waals surface area (Å²) in [6.07, 6.45) is 5.54. The standard InChI is InChI=1S/C30H34N4O3/c1-2-31-16-23-19-34(27-17-32-15-22-7-3-4-8-24(22)27)29(36)30(23)20-33(18-21-11-13-37-14-12-21)28(35)25-9-5-6-10-26(25)30/h3-10,15,17,21,23,31H,2,11-14,16,18-20H2,1H3. The van der Waals surface area contributed by atoms with Crippen LogP contribution in [0.15, 0.2) is 60.9 Å². The van der Waals surface area contributed by atoms with Gasteiger partial charge in [0.1, 0.15) is 0 Å². The van der Waals surface area contributed by atoms with Crippen molar-refractivity contribution >= 4 is 28.3 Å². The second-order valence-electron chi connectivity index (χ2n) is 10.6. The summed E-state index contributed by atoms with van der Waals surface area (Å²) in [6.45, 7) is 6.73. The lowest BCUT2D eigenvalue weighted by molar-refractivity contribution is -0.123. The fraction of sp³-hybridized carbons (Fsp3) is 0.433. The first-order valence-corrected chi connectivity index (χ1v) is 13.5. The highest BCUT2D eigenvalue weighted by Gasteiger charge is 2.59. The van der Waals surface area contributed by atoms with E-state index in [-0.39, 0.29) is 17.7 Å². The first-order chi connectivity index (χ1) is 18.1. The molecule has 2 fully saturated rings. The van der Waals surface area contributed by atoms with E-state index in [0.29, 0.717) is 37.7 Å². The van der Waals surface area contributed by atoms with Crippen LogP contribution in [0.4, 0.5) is 5.69 Å². The molecule has 6 rings (SSSR count). The van der Waals surface area contributed by atoms with Crippen LogP contribution in [0.25, 0.3) is 10.8 Å². The number of benzene rings is 2. The van der Waals surface area contributed by atoms with E-state index in [1.165, 1.54) is 0 Å². The molecule has 0 saturated carbocycles. The Labute approximate surface area is 217 Å². The van der Waals surface area contributed by atoms with Gasteiger partial charge in [-0.2, -0.15) is 0 Å². The summed E-state index contributed by atoms with van der Waals surface area (Å²) in [7, 11) is 0. The van der Waals surface area contributed by atoms with Crippen molar-refractivity contribution in [2.24, 2.45) is 11.8 Å². The molecule has 1 spiro atoms. The van der Waals surface area contributed by atoms with Crippen molar-refractivity contribution in [2.45, 2.75) is 25.2 Å². The summed E-state index contributed by atoms with van der Waals surface area (Å²) in [6, 6.07) is 15.8. The van der Waals surface area contributed by atoms with Gasteiger partial charge in [0.25, 0.3) is 5.91 Å². The molecule has 4 heterocycles. The van der Waals surface area contributed by atoms with Crippen LogP contribution in [0.2, 0.25) is 0 Å². The fourth-order valence-corrected chi connectivity index (χ4v) is 6.56. The molecule has 192 valence electrons. The maximum Gasteiger partial charge on any atom is 0.254 e. The molecule has 0 bridgehead atoms. The second kappa shape index (κ2) is 9.88. The van der Waals surface area contributed by atoms with E-state index >= 15 is 0 Å². The van der Waals surface area contributed by atoms with Crippen LogP contribution in [0.5, 0.6) is 0 Å². The Morgan fingerprint density at radius 1 is 1.05 bits per heavy atom. The molecule has 1 aromatic heterocycles. The van der Waals surface area contributed by atoms with Crippen molar-refractivity contribution in [1.29, 1.82) is 0 Å². The van der Waals surface area contributed by atoms with E-state index in [2.05, 4.69) is 23.3 Å². The Kier molecular flexibility index (Phi) is 6.42. The Bertz CT molecular complexity index is 1320. The third-order valence-corrected chi connectivity index (χ3v) is 8.49. The van der Waals surface area contributed by atoms with Crippen molar-refractivity contribution in [3.8, 4) is 0 Å². The van der Waals surface area contributed by atoms with Gasteiger partial charge in [-0.15, -0.1) is 0 Å². The van der Waals surface area contributed by atoms with Crippen molar-refractivity contribution in [3.05, 3.63) is 72.1 Å². The number of nitrogens with one attached hydrogen (secondary N) is 1. The van der Waals surface area contributed by atoms with Crippen LogP contribution in [0.1, 0.15) is 35.7 Å². The van der Waals surface area contributed by atoms with Gasteiger partial charge in [0.2, 0.25) is 5.91 Å². The number of nitrogens with zero attached hydrogens (tertiary/aromatic N) is 3. The number of carbonyl (C=O) groups is 2. The number of ether oxygens (including phenoxy) is 1. The number of amides is 2. The van der Waals surface area contributed by atoms with Gasteiger partial charge in [-0.05, 0) is 36.9 Å². The highest BCUT2D eigenvalue weighted by Crippen LogP contribution is 2.47. The molecule has 2 aromatic carbocycles. The number of fused-ring (bicyclic) bond motifs is 3. The molecule has 2 unspecified atom stereocenters. The summed E-state index contributed by atoms with van der Waals surface area (Å²) >= 11 is 0. The third kappa shape index (κ3) is 4.01. The van der Waals surface area contributed by atoms with Crippen LogP contribution in [-0.4, -0.2) is 67.6 Å². The number of hydrogen-bond donors (Lipinski definition) is 1. The molecule has 2 amide bonds. The smallest absolute Gasteiger partial charge is 0.254 e. The lowest BCUT2D eigenvalue weighted by Crippen LogP contribution is -2.58. The number of anilines is 1. The summed E-state index contributed by atoms with van der Waals surface area (Å²) in [5.74, 6) is 0.492. The van der Waals surface area contributed by atoms with E-state index < -0.39 is 5.41 Å². The van der Waals surface area contributed by atoms with Gasteiger partial charge in [-0.25, -0.2) is 0 Å². The highest BCUT2D eigenvalue weighted by molar-refractivity contribution is 6.12. The number of carbonyl (C=O) groups excluding carboxylic acids is 2. The molecule has 0 radical (unpaired) electrons. The van der Waals surface area contributed by atoms with Crippen molar-refractivity contribution in [2.75, 3.05) is 50.8 Å². The van der Waals surface area contributed by atoms with Crippen LogP contribution in [0.3, 0.4) is 0 Å². The Morgan fingerprint density at radius 2 is 1.84 bits per heavy atom. The zero-order valence-corrected chi connectivity index (χ0v) is 21.4. The first kappa shape index (κ1) is 24.1. The van der Waals surface area contributed by atoms with Crippen molar-refractivity contribution in [1.82, 2.24) is 15.2 Å². The summed E-state index contributed by atoms with van der Waals surface area (Å²) < 4.78 is 5.56. The first-order valence-electron chi connectivity index (χ1n) is 13.5. The second-order valence-corrected chi connectivity index (χ2v) is 10.6. The van der Waals surface area contributed by atoms with Gasteiger partial charge < -0.3 is 19.9 Å². The summed E-state index contributed by atoms with van der Waals surface area (Å²) in [4.78, 5) is 36.8. The predicted molar refractivity (Wildman–Crippen MR) is 144 cm³/mol. The largest absolute Gasteiger partial charge is 0.381 e. The molecule has 37 heavy (non-hydrogen) atoms. The lowest BCUT2D eigenvalue weighted by atomic mass is 9.67. The van der Waals surface area contributed by atoms with Crippen LogP contribution in [0, 0.1) is 11.8 Å². The number of rotatable bonds is 6. The van der Waals surface area contributed by atoms with Gasteiger partial charge in [-0.1, -0.05) is 49.4 Å². The molecule has 1 N–H and O–H groups in total. The Balaban J connectivity index is 1.46. The average molecular weight is 499 g/mol. The van der Waals surface area contributed by atoms with E-state index in [1.54, 1.807) is 0 Å². The number of pyridine rings is 1. The fourth-order valence-electron chi connectivity index (χ4n) is 6.56. The number of aromatic nitrogens is 1. The highest BCUT2D eigenvalue weighted by atomic mass is 16.5. The molecule has 3 aliphatic heterocycles. The zero-order chi connectivity index (χ0) is 25.4. The van der Waals surface area contributed by atoms with E-state index in [1.807, 2.05) is 64.7 Å². The topological polar surface area (TPSA) is 74.8 Å². The van der Waals surface area contributed by atoms with Gasteiger partial charge in [-0.3, -0.25) is 14.6 Å². The van der Waals surface area contributed by atoms with Gasteiger partial charge in [0.05, 0.1) is 17.3 Å². The molecular weight excluding hydrogens is 464 g/mol. The van der Waals surface area contributed by atoms with Crippen LogP contribution < -0.4 is 10.2 Å². The predicted octanol–water partition coefficient (Wildman–Crippen LogP) is 3.63. The molecule has 2 saturated heterocycles. The maximum absolute atomic E-state index is 14.7. The molecule has 3 aromatic rings. The third-order valence-electron chi connectivity index (χ3n) is 8.49. The minimum absolute atomic E-state index is 0.00496. The quantitative estimate of drug-likeness (QED) is 0.562. The van der Waals surface area contributed by atoms with Crippen molar-refractivity contribution in [3.63, 3.8) is 0 Å². The SMILES string of the molecule is CCNCC1CN(c2cncc3ccccc23)C(=O)C12CN(CC1CCOCC1)C(=O)c1ccccc12. The summed E-state index contributed by atoms with van der Waals surface area (Å²) in [5, 5.41) is 5.54. The minimum Gasteiger partial charge on any atom is -0.381 e. The Morgan fingerprint density at radius 3 is 2.68 bits per heavy atom. The minimum atomic E-state index is -0.811.